The smallest absolute Gasteiger partial charge is 0.234 e. The van der Waals surface area contributed by atoms with Crippen LogP contribution >= 0.6 is 23.4 Å². The summed E-state index contributed by atoms with van der Waals surface area (Å²) in [5.74, 6) is 0.742. The molecular formula is C15H14ClNO3S. The minimum Gasteiger partial charge on any atom is -0.507 e. The zero-order chi connectivity index (χ0) is 15.2. The molecule has 4 nitrogen and oxygen atoms in total. The average Bonchev–Trinajstić information content (AvgIpc) is 2.46. The third-order valence-corrected chi connectivity index (χ3v) is 4.02. The maximum absolute atomic E-state index is 11.9. The summed E-state index contributed by atoms with van der Waals surface area (Å²) >= 11 is 7.26. The fourth-order valence-electron chi connectivity index (χ4n) is 1.66. The normalized spacial score (nSPS) is 10.2. The Bertz CT molecular complexity index is 649. The molecule has 0 radical (unpaired) electrons. The van der Waals surface area contributed by atoms with E-state index in [0.29, 0.717) is 21.4 Å². The molecule has 0 fully saturated rings. The van der Waals surface area contributed by atoms with E-state index in [9.17, 15) is 9.90 Å². The predicted octanol–water partition coefficient (Wildman–Crippen LogP) is 3.79. The fraction of sp³-hybridized carbons (Fsp3) is 0.133. The highest BCUT2D eigenvalue weighted by Crippen LogP contribution is 2.29. The summed E-state index contributed by atoms with van der Waals surface area (Å²) in [5.41, 5.74) is 0.601. The van der Waals surface area contributed by atoms with Crippen LogP contribution in [-0.4, -0.2) is 23.9 Å². The van der Waals surface area contributed by atoms with Crippen LogP contribution in [0.25, 0.3) is 0 Å². The highest BCUT2D eigenvalue weighted by molar-refractivity contribution is 8.00. The molecule has 2 aromatic carbocycles. The van der Waals surface area contributed by atoms with Gasteiger partial charge >= 0.3 is 0 Å². The summed E-state index contributed by atoms with van der Waals surface area (Å²) in [4.78, 5) is 12.5. The van der Waals surface area contributed by atoms with Crippen molar-refractivity contribution in [2.75, 3.05) is 18.2 Å². The van der Waals surface area contributed by atoms with Crippen LogP contribution in [0.4, 0.5) is 5.69 Å². The molecule has 0 unspecified atom stereocenters. The van der Waals surface area contributed by atoms with Crippen LogP contribution in [0.2, 0.25) is 5.02 Å². The molecule has 0 atom stereocenters. The van der Waals surface area contributed by atoms with Gasteiger partial charge in [0.1, 0.15) is 11.5 Å². The van der Waals surface area contributed by atoms with E-state index in [2.05, 4.69) is 5.32 Å². The molecule has 0 bridgehead atoms. The molecule has 0 aliphatic heterocycles. The summed E-state index contributed by atoms with van der Waals surface area (Å²) in [7, 11) is 1.53. The molecule has 0 aliphatic rings. The first-order chi connectivity index (χ1) is 10.1. The summed E-state index contributed by atoms with van der Waals surface area (Å²) in [6, 6.07) is 11.9. The van der Waals surface area contributed by atoms with E-state index in [0.717, 1.165) is 0 Å². The molecule has 0 aromatic heterocycles. The molecule has 0 saturated carbocycles. The number of benzene rings is 2. The molecule has 21 heavy (non-hydrogen) atoms. The van der Waals surface area contributed by atoms with Crippen molar-refractivity contribution in [1.82, 2.24) is 0 Å². The number of hydrogen-bond acceptors (Lipinski definition) is 4. The fourth-order valence-corrected chi connectivity index (χ4v) is 2.67. The van der Waals surface area contributed by atoms with Crippen molar-refractivity contribution >= 4 is 35.0 Å². The number of para-hydroxylation sites is 1. The molecule has 6 heteroatoms. The molecule has 0 heterocycles. The Morgan fingerprint density at radius 3 is 2.76 bits per heavy atom. The second-order valence-electron chi connectivity index (χ2n) is 4.15. The van der Waals surface area contributed by atoms with Crippen LogP contribution in [0.1, 0.15) is 0 Å². The number of phenolic OH excluding ortho intramolecular Hbond substituents is 1. The lowest BCUT2D eigenvalue weighted by atomic mass is 10.3. The van der Waals surface area contributed by atoms with E-state index >= 15 is 0 Å². The number of carbonyl (C=O) groups is 1. The van der Waals surface area contributed by atoms with E-state index in [1.807, 2.05) is 6.07 Å². The molecule has 110 valence electrons. The number of aromatic hydroxyl groups is 1. The zero-order valence-electron chi connectivity index (χ0n) is 11.3. The number of phenols is 1. The molecule has 0 spiro atoms. The zero-order valence-corrected chi connectivity index (χ0v) is 12.9. The quantitative estimate of drug-likeness (QED) is 0.822. The minimum absolute atomic E-state index is 0.169. The SMILES string of the molecule is COc1ccc(NC(=O)CSc2ccccc2O)cc1Cl. The third kappa shape index (κ3) is 4.31. The van der Waals surface area contributed by atoms with Crippen LogP contribution in [0.15, 0.2) is 47.4 Å². The van der Waals surface area contributed by atoms with Crippen molar-refractivity contribution in [3.05, 3.63) is 47.5 Å². The molecule has 0 aliphatic carbocycles. The lowest BCUT2D eigenvalue weighted by Gasteiger charge is -2.08. The predicted molar refractivity (Wildman–Crippen MR) is 85.5 cm³/mol. The second kappa shape index (κ2) is 7.24. The minimum atomic E-state index is -0.176. The number of carbonyl (C=O) groups excluding carboxylic acids is 1. The lowest BCUT2D eigenvalue weighted by molar-refractivity contribution is -0.113. The Kier molecular flexibility index (Phi) is 5.36. The second-order valence-corrected chi connectivity index (χ2v) is 5.58. The van der Waals surface area contributed by atoms with Gasteiger partial charge in [-0.25, -0.2) is 0 Å². The number of rotatable bonds is 5. The Morgan fingerprint density at radius 2 is 2.10 bits per heavy atom. The van der Waals surface area contributed by atoms with Crippen LogP contribution < -0.4 is 10.1 Å². The van der Waals surface area contributed by atoms with Crippen LogP contribution in [-0.2, 0) is 4.79 Å². The van der Waals surface area contributed by atoms with Gasteiger partial charge in [0, 0.05) is 10.6 Å². The summed E-state index contributed by atoms with van der Waals surface area (Å²) in [5, 5.41) is 12.8. The van der Waals surface area contributed by atoms with Gasteiger partial charge in [-0.05, 0) is 30.3 Å². The average molecular weight is 324 g/mol. The van der Waals surface area contributed by atoms with Crippen molar-refractivity contribution in [3.63, 3.8) is 0 Å². The van der Waals surface area contributed by atoms with Gasteiger partial charge in [0.25, 0.3) is 0 Å². The highest BCUT2D eigenvalue weighted by atomic mass is 35.5. The number of ether oxygens (including phenoxy) is 1. The van der Waals surface area contributed by atoms with E-state index < -0.39 is 0 Å². The summed E-state index contributed by atoms with van der Waals surface area (Å²) < 4.78 is 5.05. The number of anilines is 1. The van der Waals surface area contributed by atoms with Gasteiger partial charge in [-0.2, -0.15) is 0 Å². The number of halogens is 1. The van der Waals surface area contributed by atoms with Crippen molar-refractivity contribution in [2.45, 2.75) is 4.90 Å². The molecule has 2 rings (SSSR count). The Balaban J connectivity index is 1.93. The van der Waals surface area contributed by atoms with Crippen molar-refractivity contribution in [2.24, 2.45) is 0 Å². The van der Waals surface area contributed by atoms with Gasteiger partial charge in [-0.1, -0.05) is 23.7 Å². The van der Waals surface area contributed by atoms with E-state index in [4.69, 9.17) is 16.3 Å². The van der Waals surface area contributed by atoms with Crippen molar-refractivity contribution in [3.8, 4) is 11.5 Å². The van der Waals surface area contributed by atoms with Crippen molar-refractivity contribution < 1.29 is 14.6 Å². The number of thioether (sulfide) groups is 1. The number of amides is 1. The lowest BCUT2D eigenvalue weighted by Crippen LogP contribution is -2.13. The van der Waals surface area contributed by atoms with Gasteiger partial charge in [0.2, 0.25) is 5.91 Å². The monoisotopic (exact) mass is 323 g/mol. The number of nitrogens with one attached hydrogen (secondary N) is 1. The van der Waals surface area contributed by atoms with Gasteiger partial charge in [-0.3, -0.25) is 4.79 Å². The van der Waals surface area contributed by atoms with Crippen LogP contribution in [0.3, 0.4) is 0 Å². The van der Waals surface area contributed by atoms with Crippen LogP contribution in [0.5, 0.6) is 11.5 Å². The maximum atomic E-state index is 11.9. The number of hydrogen-bond donors (Lipinski definition) is 2. The van der Waals surface area contributed by atoms with Gasteiger partial charge in [0.05, 0.1) is 17.9 Å². The highest BCUT2D eigenvalue weighted by Gasteiger charge is 2.08. The first kappa shape index (κ1) is 15.5. The van der Waals surface area contributed by atoms with E-state index in [-0.39, 0.29) is 17.4 Å². The van der Waals surface area contributed by atoms with Gasteiger partial charge < -0.3 is 15.2 Å². The first-order valence-corrected chi connectivity index (χ1v) is 7.50. The Hall–Kier alpha value is -1.85. The van der Waals surface area contributed by atoms with Crippen LogP contribution in [0, 0.1) is 0 Å². The first-order valence-electron chi connectivity index (χ1n) is 6.14. The summed E-state index contributed by atoms with van der Waals surface area (Å²) in [6.45, 7) is 0. The largest absolute Gasteiger partial charge is 0.507 e. The molecule has 1 amide bonds. The Morgan fingerprint density at radius 1 is 1.33 bits per heavy atom. The topological polar surface area (TPSA) is 58.6 Å². The Labute approximate surface area is 132 Å². The van der Waals surface area contributed by atoms with Gasteiger partial charge in [0.15, 0.2) is 0 Å². The van der Waals surface area contributed by atoms with Crippen molar-refractivity contribution in [1.29, 1.82) is 0 Å². The summed E-state index contributed by atoms with van der Waals surface area (Å²) in [6.07, 6.45) is 0. The molecule has 2 N–H and O–H groups in total. The molecular weight excluding hydrogens is 310 g/mol. The maximum Gasteiger partial charge on any atom is 0.234 e. The third-order valence-electron chi connectivity index (χ3n) is 2.66. The molecule has 2 aromatic rings. The van der Waals surface area contributed by atoms with Gasteiger partial charge in [-0.15, -0.1) is 11.8 Å². The standard InChI is InChI=1S/C15H14ClNO3S/c1-20-13-7-6-10(8-11(13)16)17-15(19)9-21-14-5-3-2-4-12(14)18/h2-8,18H,9H2,1H3,(H,17,19). The van der Waals surface area contributed by atoms with E-state index in [1.54, 1.807) is 36.4 Å². The molecule has 0 saturated heterocycles. The number of methoxy groups -OCH3 is 1. The van der Waals surface area contributed by atoms with E-state index in [1.165, 1.54) is 18.9 Å².